The molecule has 1 fully saturated rings. The molecule has 1 aromatic carbocycles. The van der Waals surface area contributed by atoms with E-state index in [4.69, 9.17) is 9.47 Å². The number of rotatable bonds is 9. The summed E-state index contributed by atoms with van der Waals surface area (Å²) < 4.78 is 60.0. The van der Waals surface area contributed by atoms with Gasteiger partial charge in [0.15, 0.2) is 17.7 Å². The van der Waals surface area contributed by atoms with Crippen molar-refractivity contribution in [1.29, 1.82) is 0 Å². The van der Waals surface area contributed by atoms with Gasteiger partial charge in [-0.15, -0.1) is 0 Å². The molecule has 1 atom stereocenters. The molecule has 14 heteroatoms. The predicted molar refractivity (Wildman–Crippen MR) is 116 cm³/mol. The Bertz CT molecular complexity index is 1330. The van der Waals surface area contributed by atoms with Crippen LogP contribution in [-0.4, -0.2) is 50.9 Å². The summed E-state index contributed by atoms with van der Waals surface area (Å²) in [6, 6.07) is 5.20. The first-order valence-electron chi connectivity index (χ1n) is 10.7. The van der Waals surface area contributed by atoms with Crippen LogP contribution in [0.15, 0.2) is 47.4 Å². The molecule has 36 heavy (non-hydrogen) atoms. The zero-order valence-corrected chi connectivity index (χ0v) is 18.5. The first-order chi connectivity index (χ1) is 17.5. The standard InChI is InChI=1S/C22H18F3N7O4/c23-16-5-17(32-10-15(36-22(32)33)11-34-18-3-4-35-30-18)20(24)21(25)19(16)12-1-2-13(27-6-12)7-26-8-14-9-28-31-29-14/h1-6,9,15,26H,7-8,10-11H2,(H,28,29,31). The van der Waals surface area contributed by atoms with E-state index in [1.807, 2.05) is 0 Å². The molecule has 1 unspecified atom stereocenters. The molecule has 4 heterocycles. The van der Waals surface area contributed by atoms with Crippen molar-refractivity contribution in [3.63, 3.8) is 0 Å². The Balaban J connectivity index is 1.28. The monoisotopic (exact) mass is 501 g/mol. The number of hydrogen-bond acceptors (Lipinski definition) is 9. The first-order valence-corrected chi connectivity index (χ1v) is 10.7. The van der Waals surface area contributed by atoms with Gasteiger partial charge in [0, 0.05) is 37.0 Å². The zero-order valence-electron chi connectivity index (χ0n) is 18.5. The second kappa shape index (κ2) is 10.0. The van der Waals surface area contributed by atoms with Gasteiger partial charge in [-0.1, -0.05) is 6.07 Å². The van der Waals surface area contributed by atoms with Gasteiger partial charge in [0.25, 0.3) is 5.88 Å². The number of aromatic amines is 1. The second-order valence-electron chi connectivity index (χ2n) is 7.75. The van der Waals surface area contributed by atoms with Gasteiger partial charge in [0.2, 0.25) is 0 Å². The highest BCUT2D eigenvalue weighted by molar-refractivity contribution is 5.90. The van der Waals surface area contributed by atoms with Crippen molar-refractivity contribution < 1.29 is 32.0 Å². The molecule has 1 saturated heterocycles. The van der Waals surface area contributed by atoms with Crippen molar-refractivity contribution in [3.8, 4) is 17.0 Å². The number of carbonyl (C=O) groups excluding carboxylic acids is 1. The lowest BCUT2D eigenvalue weighted by molar-refractivity contribution is 0.101. The summed E-state index contributed by atoms with van der Waals surface area (Å²) >= 11 is 0. The van der Waals surface area contributed by atoms with E-state index in [9.17, 15) is 18.0 Å². The van der Waals surface area contributed by atoms with Gasteiger partial charge >= 0.3 is 6.09 Å². The fraction of sp³-hybridized carbons (Fsp3) is 0.227. The third-order valence-electron chi connectivity index (χ3n) is 5.33. The number of anilines is 1. The van der Waals surface area contributed by atoms with E-state index in [1.54, 1.807) is 12.3 Å². The van der Waals surface area contributed by atoms with Crippen LogP contribution in [0, 0.1) is 17.5 Å². The van der Waals surface area contributed by atoms with E-state index in [0.717, 1.165) is 11.0 Å². The molecular formula is C22H18F3N7O4. The first kappa shape index (κ1) is 23.3. The number of carbonyl (C=O) groups is 1. The van der Waals surface area contributed by atoms with Crippen LogP contribution in [0.2, 0.25) is 0 Å². The van der Waals surface area contributed by atoms with Crippen molar-refractivity contribution >= 4 is 11.8 Å². The van der Waals surface area contributed by atoms with E-state index < -0.39 is 40.9 Å². The summed E-state index contributed by atoms with van der Waals surface area (Å²) in [5, 5.41) is 16.8. The van der Waals surface area contributed by atoms with Gasteiger partial charge in [-0.05, 0) is 11.2 Å². The number of aromatic nitrogens is 5. The normalized spacial score (nSPS) is 15.4. The van der Waals surface area contributed by atoms with E-state index in [0.29, 0.717) is 24.5 Å². The molecule has 186 valence electrons. The van der Waals surface area contributed by atoms with Crippen molar-refractivity contribution in [2.45, 2.75) is 19.2 Å². The van der Waals surface area contributed by atoms with Crippen molar-refractivity contribution in [2.24, 2.45) is 0 Å². The summed E-state index contributed by atoms with van der Waals surface area (Å²) in [6.07, 6.45) is 2.34. The zero-order chi connectivity index (χ0) is 25.1. The van der Waals surface area contributed by atoms with Crippen LogP contribution in [-0.2, 0) is 17.8 Å². The van der Waals surface area contributed by atoms with E-state index >= 15 is 0 Å². The number of amides is 1. The molecule has 2 N–H and O–H groups in total. The lowest BCUT2D eigenvalue weighted by Gasteiger charge is -2.17. The van der Waals surface area contributed by atoms with Gasteiger partial charge in [0.1, 0.15) is 18.7 Å². The van der Waals surface area contributed by atoms with Crippen LogP contribution in [0.25, 0.3) is 11.1 Å². The lowest BCUT2D eigenvalue weighted by atomic mass is 10.0. The molecular weight excluding hydrogens is 483 g/mol. The van der Waals surface area contributed by atoms with Crippen molar-refractivity contribution in [2.75, 3.05) is 18.1 Å². The largest absolute Gasteiger partial charge is 0.471 e. The average molecular weight is 501 g/mol. The SMILES string of the molecule is O=C1OC(COc2ccon2)CN1c1cc(F)c(-c2ccc(CNCc3cn[nH]n3)nc2)c(F)c1F. The van der Waals surface area contributed by atoms with E-state index in [-0.39, 0.29) is 24.6 Å². The van der Waals surface area contributed by atoms with Gasteiger partial charge in [-0.3, -0.25) is 9.88 Å². The van der Waals surface area contributed by atoms with Crippen LogP contribution in [0.4, 0.5) is 23.7 Å². The maximum atomic E-state index is 15.0. The Labute approximate surface area is 201 Å². The number of nitrogens with one attached hydrogen (secondary N) is 2. The summed E-state index contributed by atoms with van der Waals surface area (Å²) in [5.74, 6) is -3.72. The predicted octanol–water partition coefficient (Wildman–Crippen LogP) is 2.97. The van der Waals surface area contributed by atoms with Gasteiger partial charge in [-0.25, -0.2) is 18.0 Å². The third kappa shape index (κ3) is 4.84. The maximum Gasteiger partial charge on any atom is 0.414 e. The van der Waals surface area contributed by atoms with Crippen LogP contribution in [0.1, 0.15) is 11.4 Å². The van der Waals surface area contributed by atoms with Crippen LogP contribution < -0.4 is 15.0 Å². The number of hydrogen-bond donors (Lipinski definition) is 2. The van der Waals surface area contributed by atoms with Crippen LogP contribution >= 0.6 is 0 Å². The number of ether oxygens (including phenoxy) is 2. The molecule has 0 spiro atoms. The molecule has 0 aliphatic carbocycles. The number of cyclic esters (lactones) is 1. The minimum atomic E-state index is -1.45. The van der Waals surface area contributed by atoms with Crippen molar-refractivity contribution in [3.05, 3.63) is 71.8 Å². The number of H-pyrrole nitrogens is 1. The minimum Gasteiger partial charge on any atom is -0.471 e. The summed E-state index contributed by atoms with van der Waals surface area (Å²) in [5.41, 5.74) is 0.174. The third-order valence-corrected chi connectivity index (χ3v) is 5.33. The Hall–Kier alpha value is -4.46. The number of pyridine rings is 1. The van der Waals surface area contributed by atoms with Crippen LogP contribution in [0.3, 0.4) is 0 Å². The van der Waals surface area contributed by atoms with Gasteiger partial charge in [-0.2, -0.15) is 15.4 Å². The highest BCUT2D eigenvalue weighted by Crippen LogP contribution is 2.34. The molecule has 1 aliphatic heterocycles. The smallest absolute Gasteiger partial charge is 0.414 e. The molecule has 5 rings (SSSR count). The number of halogens is 3. The van der Waals surface area contributed by atoms with E-state index in [1.165, 1.54) is 24.6 Å². The number of nitrogens with zero attached hydrogens (tertiary/aromatic N) is 5. The molecule has 0 bridgehead atoms. The average Bonchev–Trinajstić information content (AvgIpc) is 3.64. The van der Waals surface area contributed by atoms with E-state index in [2.05, 4.69) is 35.4 Å². The lowest BCUT2D eigenvalue weighted by Crippen LogP contribution is -2.28. The maximum absolute atomic E-state index is 15.0. The topological polar surface area (TPSA) is 131 Å². The molecule has 11 nitrogen and oxygen atoms in total. The number of benzene rings is 1. The summed E-state index contributed by atoms with van der Waals surface area (Å²) in [4.78, 5) is 17.2. The Morgan fingerprint density at radius 1 is 1.14 bits per heavy atom. The Kier molecular flexibility index (Phi) is 6.49. The minimum absolute atomic E-state index is 0.0404. The Morgan fingerprint density at radius 2 is 2.00 bits per heavy atom. The van der Waals surface area contributed by atoms with Crippen molar-refractivity contribution in [1.82, 2.24) is 30.9 Å². The molecule has 0 radical (unpaired) electrons. The van der Waals surface area contributed by atoms with Gasteiger partial charge in [0.05, 0.1) is 35.4 Å². The fourth-order valence-corrected chi connectivity index (χ4v) is 3.61. The summed E-state index contributed by atoms with van der Waals surface area (Å²) in [7, 11) is 0. The Morgan fingerprint density at radius 3 is 2.72 bits per heavy atom. The second-order valence-corrected chi connectivity index (χ2v) is 7.75. The molecule has 1 amide bonds. The van der Waals surface area contributed by atoms with Crippen LogP contribution in [0.5, 0.6) is 5.88 Å². The molecule has 0 saturated carbocycles. The molecule has 4 aromatic rings. The summed E-state index contributed by atoms with van der Waals surface area (Å²) in [6.45, 7) is 0.528. The van der Waals surface area contributed by atoms with Gasteiger partial charge < -0.3 is 19.3 Å². The fourth-order valence-electron chi connectivity index (χ4n) is 3.61. The quantitative estimate of drug-likeness (QED) is 0.332. The highest BCUT2D eigenvalue weighted by atomic mass is 19.2. The molecule has 1 aliphatic rings. The highest BCUT2D eigenvalue weighted by Gasteiger charge is 2.36. The molecule has 3 aromatic heterocycles.